The zero-order valence-corrected chi connectivity index (χ0v) is 8.60. The fraction of sp³-hybridized carbons (Fsp3) is 0.727. The number of nitrogens with one attached hydrogen (secondary N) is 1. The van der Waals surface area contributed by atoms with Gasteiger partial charge in [-0.1, -0.05) is 19.3 Å². The summed E-state index contributed by atoms with van der Waals surface area (Å²) in [5, 5.41) is 3.39. The van der Waals surface area contributed by atoms with E-state index in [4.69, 9.17) is 0 Å². The van der Waals surface area contributed by atoms with Gasteiger partial charge in [0.1, 0.15) is 0 Å². The van der Waals surface area contributed by atoms with Crippen LogP contribution in [0.25, 0.3) is 0 Å². The third-order valence-corrected chi connectivity index (χ3v) is 2.46. The normalized spacial score (nSPS) is 20.0. The van der Waals surface area contributed by atoms with Gasteiger partial charge in [-0.2, -0.15) is 0 Å². The molecule has 1 N–H and O–H groups in total. The van der Waals surface area contributed by atoms with E-state index < -0.39 is 0 Å². The summed E-state index contributed by atoms with van der Waals surface area (Å²) >= 11 is 0. The quantitative estimate of drug-likeness (QED) is 0.677. The van der Waals surface area contributed by atoms with Crippen LogP contribution in [0.2, 0.25) is 0 Å². The Labute approximate surface area is 80.4 Å². The van der Waals surface area contributed by atoms with Crippen LogP contribution in [0.3, 0.4) is 0 Å². The maximum absolute atomic E-state index is 10.8. The maximum Gasteiger partial charge on any atom is 0.154 e. The van der Waals surface area contributed by atoms with Crippen molar-refractivity contribution in [2.24, 2.45) is 0 Å². The number of hydrogen-bond acceptors (Lipinski definition) is 2. The van der Waals surface area contributed by atoms with Gasteiger partial charge in [0.2, 0.25) is 0 Å². The summed E-state index contributed by atoms with van der Waals surface area (Å²) in [4.78, 5) is 10.8. The van der Waals surface area contributed by atoms with Crippen molar-refractivity contribution >= 4 is 5.78 Å². The van der Waals surface area contributed by atoms with Crippen molar-refractivity contribution in [1.82, 2.24) is 5.32 Å². The molecule has 2 heteroatoms. The molecular formula is C11H19NO. The second-order valence-electron chi connectivity index (χ2n) is 3.92. The molecule has 1 saturated carbocycles. The van der Waals surface area contributed by atoms with Gasteiger partial charge < -0.3 is 5.32 Å². The average molecular weight is 181 g/mol. The van der Waals surface area contributed by atoms with Crippen LogP contribution in [0.15, 0.2) is 11.8 Å². The molecule has 0 saturated heterocycles. The molecule has 0 bridgehead atoms. The SMILES string of the molecule is CC(=O)/C=C(\C)NC1CCCCC1. The van der Waals surface area contributed by atoms with Crippen LogP contribution < -0.4 is 5.32 Å². The molecule has 13 heavy (non-hydrogen) atoms. The Morgan fingerprint density at radius 2 is 1.85 bits per heavy atom. The highest BCUT2D eigenvalue weighted by atomic mass is 16.1. The Balaban J connectivity index is 2.33. The van der Waals surface area contributed by atoms with Crippen molar-refractivity contribution in [3.8, 4) is 0 Å². The van der Waals surface area contributed by atoms with E-state index in [1.807, 2.05) is 6.92 Å². The second kappa shape index (κ2) is 5.05. The summed E-state index contributed by atoms with van der Waals surface area (Å²) < 4.78 is 0. The first kappa shape index (κ1) is 10.3. The van der Waals surface area contributed by atoms with Crippen molar-refractivity contribution < 1.29 is 4.79 Å². The van der Waals surface area contributed by atoms with Gasteiger partial charge in [0, 0.05) is 11.7 Å². The first-order chi connectivity index (χ1) is 6.18. The fourth-order valence-electron chi connectivity index (χ4n) is 1.92. The van der Waals surface area contributed by atoms with E-state index in [-0.39, 0.29) is 5.78 Å². The molecule has 1 fully saturated rings. The van der Waals surface area contributed by atoms with Crippen LogP contribution in [0.5, 0.6) is 0 Å². The Morgan fingerprint density at radius 3 is 2.38 bits per heavy atom. The average Bonchev–Trinajstić information content (AvgIpc) is 2.04. The molecule has 0 aromatic rings. The van der Waals surface area contributed by atoms with E-state index in [2.05, 4.69) is 5.32 Å². The van der Waals surface area contributed by atoms with Gasteiger partial charge in [0.25, 0.3) is 0 Å². The molecule has 0 aromatic heterocycles. The second-order valence-corrected chi connectivity index (χ2v) is 3.92. The lowest BCUT2D eigenvalue weighted by Crippen LogP contribution is -2.29. The van der Waals surface area contributed by atoms with Crippen LogP contribution in [-0.2, 0) is 4.79 Å². The monoisotopic (exact) mass is 181 g/mol. The lowest BCUT2D eigenvalue weighted by molar-refractivity contribution is -0.112. The highest BCUT2D eigenvalue weighted by Gasteiger charge is 2.12. The van der Waals surface area contributed by atoms with Gasteiger partial charge in [-0.05, 0) is 32.8 Å². The maximum atomic E-state index is 10.8. The third kappa shape index (κ3) is 4.11. The number of allylic oxidation sites excluding steroid dienone is 2. The van der Waals surface area contributed by atoms with Crippen LogP contribution >= 0.6 is 0 Å². The molecule has 0 atom stereocenters. The van der Waals surface area contributed by atoms with Crippen molar-refractivity contribution in [1.29, 1.82) is 0 Å². The van der Waals surface area contributed by atoms with Crippen LogP contribution in [0.1, 0.15) is 46.0 Å². The zero-order valence-electron chi connectivity index (χ0n) is 8.60. The smallest absolute Gasteiger partial charge is 0.154 e. The summed E-state index contributed by atoms with van der Waals surface area (Å²) in [5.74, 6) is 0.126. The van der Waals surface area contributed by atoms with E-state index in [1.54, 1.807) is 13.0 Å². The largest absolute Gasteiger partial charge is 0.386 e. The van der Waals surface area contributed by atoms with E-state index >= 15 is 0 Å². The third-order valence-electron chi connectivity index (χ3n) is 2.46. The number of ketones is 1. The van der Waals surface area contributed by atoms with Crippen LogP contribution in [-0.4, -0.2) is 11.8 Å². The molecule has 2 nitrogen and oxygen atoms in total. The number of rotatable bonds is 3. The van der Waals surface area contributed by atoms with Gasteiger partial charge in [-0.15, -0.1) is 0 Å². The predicted molar refractivity (Wildman–Crippen MR) is 54.4 cm³/mol. The predicted octanol–water partition coefficient (Wildman–Crippen LogP) is 2.40. The zero-order chi connectivity index (χ0) is 9.68. The van der Waals surface area contributed by atoms with Crippen molar-refractivity contribution in [3.05, 3.63) is 11.8 Å². The highest BCUT2D eigenvalue weighted by Crippen LogP contribution is 2.18. The van der Waals surface area contributed by atoms with Gasteiger partial charge in [-0.3, -0.25) is 4.79 Å². The summed E-state index contributed by atoms with van der Waals surface area (Å²) in [7, 11) is 0. The molecule has 74 valence electrons. The molecule has 0 heterocycles. The molecule has 0 aromatic carbocycles. The van der Waals surface area contributed by atoms with Crippen molar-refractivity contribution in [2.45, 2.75) is 52.0 Å². The molecule has 0 aliphatic heterocycles. The van der Waals surface area contributed by atoms with Crippen molar-refractivity contribution in [2.75, 3.05) is 0 Å². The van der Waals surface area contributed by atoms with E-state index in [0.29, 0.717) is 6.04 Å². The standard InChI is InChI=1S/C11H19NO/c1-9(8-10(2)13)12-11-6-4-3-5-7-11/h8,11-12H,3-7H2,1-2H3/b9-8+. The van der Waals surface area contributed by atoms with Crippen molar-refractivity contribution in [3.63, 3.8) is 0 Å². The number of carbonyl (C=O) groups is 1. The molecule has 1 aliphatic carbocycles. The van der Waals surface area contributed by atoms with Gasteiger partial charge in [0.15, 0.2) is 5.78 Å². The first-order valence-corrected chi connectivity index (χ1v) is 5.14. The fourth-order valence-corrected chi connectivity index (χ4v) is 1.92. The van der Waals surface area contributed by atoms with Crippen LogP contribution in [0.4, 0.5) is 0 Å². The molecule has 0 spiro atoms. The summed E-state index contributed by atoms with van der Waals surface area (Å²) in [5.41, 5.74) is 1.01. The summed E-state index contributed by atoms with van der Waals surface area (Å²) in [6, 6.07) is 0.601. The molecule has 0 radical (unpaired) electrons. The van der Waals surface area contributed by atoms with E-state index in [0.717, 1.165) is 5.70 Å². The Morgan fingerprint density at radius 1 is 1.23 bits per heavy atom. The molecule has 1 rings (SSSR count). The summed E-state index contributed by atoms with van der Waals surface area (Å²) in [6.45, 7) is 3.56. The number of hydrogen-bond donors (Lipinski definition) is 1. The van der Waals surface area contributed by atoms with E-state index in [1.165, 1.54) is 32.1 Å². The van der Waals surface area contributed by atoms with Crippen LogP contribution in [0, 0.1) is 0 Å². The Hall–Kier alpha value is -0.790. The van der Waals surface area contributed by atoms with Gasteiger partial charge in [0.05, 0.1) is 0 Å². The van der Waals surface area contributed by atoms with Gasteiger partial charge >= 0.3 is 0 Å². The summed E-state index contributed by atoms with van der Waals surface area (Å²) in [6.07, 6.45) is 8.20. The highest BCUT2D eigenvalue weighted by molar-refractivity contribution is 5.87. The van der Waals surface area contributed by atoms with E-state index in [9.17, 15) is 4.79 Å². The molecular weight excluding hydrogens is 162 g/mol. The number of carbonyl (C=O) groups excluding carboxylic acids is 1. The molecule has 0 amide bonds. The molecule has 1 aliphatic rings. The topological polar surface area (TPSA) is 29.1 Å². The van der Waals surface area contributed by atoms with Gasteiger partial charge in [-0.25, -0.2) is 0 Å². The Bertz CT molecular complexity index is 202. The minimum Gasteiger partial charge on any atom is -0.386 e. The lowest BCUT2D eigenvalue weighted by Gasteiger charge is -2.23. The minimum absolute atomic E-state index is 0.126. The Kier molecular flexibility index (Phi) is 4.00. The minimum atomic E-state index is 0.126. The first-order valence-electron chi connectivity index (χ1n) is 5.14. The molecule has 0 unspecified atom stereocenters. The lowest BCUT2D eigenvalue weighted by atomic mass is 9.95.